The number of hydrogen-bond acceptors (Lipinski definition) is 2. The maximum absolute atomic E-state index is 12.8. The summed E-state index contributed by atoms with van der Waals surface area (Å²) in [4.78, 5) is 23.5. The van der Waals surface area contributed by atoms with Crippen LogP contribution in [0.25, 0.3) is 0 Å². The van der Waals surface area contributed by atoms with Gasteiger partial charge in [-0.1, -0.05) is 0 Å². The molecule has 4 nitrogen and oxygen atoms in total. The fraction of sp³-hybridized carbons (Fsp3) is 0.778. The third-order valence-corrected chi connectivity index (χ3v) is 3.03. The van der Waals surface area contributed by atoms with Crippen molar-refractivity contribution in [3.8, 4) is 0 Å². The predicted octanol–water partition coefficient (Wildman–Crippen LogP) is 0.719. The average molecular weight is 219 g/mol. The highest BCUT2D eigenvalue weighted by Gasteiger charge is 2.60. The third kappa shape index (κ3) is 1.57. The maximum Gasteiger partial charge on any atom is 0.319 e. The van der Waals surface area contributed by atoms with Crippen LogP contribution in [0.4, 0.5) is 8.78 Å². The Morgan fingerprint density at radius 2 is 1.80 bits per heavy atom. The van der Waals surface area contributed by atoms with Crippen LogP contribution in [0.1, 0.15) is 19.3 Å². The van der Waals surface area contributed by atoms with Crippen molar-refractivity contribution in [2.45, 2.75) is 25.2 Å². The highest BCUT2D eigenvalue weighted by Crippen LogP contribution is 2.48. The molecule has 15 heavy (non-hydrogen) atoms. The average Bonchev–Trinajstić information content (AvgIpc) is 2.86. The topological polar surface area (TPSA) is 57.6 Å². The van der Waals surface area contributed by atoms with Gasteiger partial charge in [0, 0.05) is 13.0 Å². The first-order valence-corrected chi connectivity index (χ1v) is 4.78. The van der Waals surface area contributed by atoms with Gasteiger partial charge < -0.3 is 10.0 Å². The third-order valence-electron chi connectivity index (χ3n) is 3.03. The van der Waals surface area contributed by atoms with Gasteiger partial charge in [-0.25, -0.2) is 8.78 Å². The fourth-order valence-corrected chi connectivity index (χ4v) is 1.86. The first-order chi connectivity index (χ1) is 6.87. The number of halogens is 2. The van der Waals surface area contributed by atoms with E-state index in [0.29, 0.717) is 0 Å². The lowest BCUT2D eigenvalue weighted by atomic mass is 10.1. The van der Waals surface area contributed by atoms with Crippen LogP contribution in [0.3, 0.4) is 0 Å². The lowest BCUT2D eigenvalue weighted by Gasteiger charge is -2.19. The van der Waals surface area contributed by atoms with Gasteiger partial charge in [0.25, 0.3) is 5.92 Å². The van der Waals surface area contributed by atoms with Crippen LogP contribution in [0.15, 0.2) is 0 Å². The Bertz CT molecular complexity index is 325. The Balaban J connectivity index is 2.07. The zero-order chi connectivity index (χ0) is 11.3. The normalized spacial score (nSPS) is 26.4. The first-order valence-electron chi connectivity index (χ1n) is 4.78. The fourth-order valence-electron chi connectivity index (χ4n) is 1.86. The van der Waals surface area contributed by atoms with Gasteiger partial charge in [0.1, 0.15) is 5.41 Å². The van der Waals surface area contributed by atoms with E-state index >= 15 is 0 Å². The number of hydrogen-bond donors (Lipinski definition) is 1. The van der Waals surface area contributed by atoms with Gasteiger partial charge in [0.2, 0.25) is 5.91 Å². The number of alkyl halides is 2. The minimum atomic E-state index is -2.86. The monoisotopic (exact) mass is 219 g/mol. The smallest absolute Gasteiger partial charge is 0.319 e. The quantitative estimate of drug-likeness (QED) is 0.696. The SMILES string of the molecule is O=C(O)C1(C(=O)N2CCC(F)(F)C2)CC1. The number of carboxylic acid groups (broad SMARTS) is 1. The molecule has 0 spiro atoms. The molecule has 6 heteroatoms. The second kappa shape index (κ2) is 2.90. The van der Waals surface area contributed by atoms with Crippen molar-refractivity contribution >= 4 is 11.9 Å². The standard InChI is InChI=1S/C9H11F2NO3/c10-9(11)3-4-12(5-9)6(13)8(1-2-8)7(14)15/h1-5H2,(H,14,15). The molecular weight excluding hydrogens is 208 g/mol. The Kier molecular flexibility index (Phi) is 1.99. The Labute approximate surface area is 84.9 Å². The van der Waals surface area contributed by atoms with Gasteiger partial charge >= 0.3 is 5.97 Å². The molecule has 1 aliphatic carbocycles. The van der Waals surface area contributed by atoms with Crippen molar-refractivity contribution in [2.75, 3.05) is 13.1 Å². The molecule has 1 aliphatic heterocycles. The molecule has 0 bridgehead atoms. The van der Waals surface area contributed by atoms with E-state index < -0.39 is 29.8 Å². The molecule has 1 amide bonds. The van der Waals surface area contributed by atoms with E-state index in [9.17, 15) is 18.4 Å². The van der Waals surface area contributed by atoms with Crippen LogP contribution in [0, 0.1) is 5.41 Å². The van der Waals surface area contributed by atoms with Gasteiger partial charge in [-0.05, 0) is 12.8 Å². The van der Waals surface area contributed by atoms with E-state index in [1.165, 1.54) is 0 Å². The van der Waals surface area contributed by atoms with Crippen LogP contribution in [-0.2, 0) is 9.59 Å². The number of carboxylic acids is 1. The van der Waals surface area contributed by atoms with Gasteiger partial charge in [-0.2, -0.15) is 0 Å². The van der Waals surface area contributed by atoms with Gasteiger partial charge in [0.05, 0.1) is 6.54 Å². The molecule has 84 valence electrons. The molecule has 0 aromatic heterocycles. The van der Waals surface area contributed by atoms with Gasteiger partial charge in [-0.3, -0.25) is 9.59 Å². The molecule has 1 saturated heterocycles. The van der Waals surface area contributed by atoms with Crippen LogP contribution in [-0.4, -0.2) is 40.9 Å². The summed E-state index contributed by atoms with van der Waals surface area (Å²) in [5.41, 5.74) is -1.39. The summed E-state index contributed by atoms with van der Waals surface area (Å²) in [5.74, 6) is -4.69. The van der Waals surface area contributed by atoms with Crippen LogP contribution in [0.5, 0.6) is 0 Å². The number of aliphatic carboxylic acids is 1. The lowest BCUT2D eigenvalue weighted by molar-refractivity contribution is -0.153. The highest BCUT2D eigenvalue weighted by molar-refractivity contribution is 6.04. The summed E-state index contributed by atoms with van der Waals surface area (Å²) >= 11 is 0. The van der Waals surface area contributed by atoms with E-state index in [-0.39, 0.29) is 25.8 Å². The molecule has 0 aromatic carbocycles. The van der Waals surface area contributed by atoms with Crippen molar-refractivity contribution in [3.63, 3.8) is 0 Å². The summed E-state index contributed by atoms with van der Waals surface area (Å²) in [6.45, 7) is -0.679. The summed E-state index contributed by atoms with van der Waals surface area (Å²) in [6.07, 6.45) is 0.168. The predicted molar refractivity (Wildman–Crippen MR) is 45.4 cm³/mol. The van der Waals surface area contributed by atoms with Crippen molar-refractivity contribution in [1.29, 1.82) is 0 Å². The molecule has 0 unspecified atom stereocenters. The largest absolute Gasteiger partial charge is 0.480 e. The molecule has 0 atom stereocenters. The van der Waals surface area contributed by atoms with Crippen LogP contribution in [0.2, 0.25) is 0 Å². The molecule has 2 fully saturated rings. The maximum atomic E-state index is 12.8. The van der Waals surface area contributed by atoms with Crippen molar-refractivity contribution in [3.05, 3.63) is 0 Å². The van der Waals surface area contributed by atoms with Crippen molar-refractivity contribution in [2.24, 2.45) is 5.41 Å². The van der Waals surface area contributed by atoms with Crippen LogP contribution < -0.4 is 0 Å². The molecule has 1 saturated carbocycles. The minimum absolute atomic E-state index is 0.0408. The van der Waals surface area contributed by atoms with E-state index in [4.69, 9.17) is 5.11 Å². The molecule has 0 aromatic rings. The number of nitrogens with zero attached hydrogens (tertiary/aromatic N) is 1. The molecule has 1 heterocycles. The van der Waals surface area contributed by atoms with Gasteiger partial charge in [-0.15, -0.1) is 0 Å². The molecular formula is C9H11F2NO3. The minimum Gasteiger partial charge on any atom is -0.480 e. The second-order valence-electron chi connectivity index (χ2n) is 4.22. The number of carbonyl (C=O) groups excluding carboxylic acids is 1. The summed E-state index contributed by atoms with van der Waals surface area (Å²) in [5, 5.41) is 8.83. The van der Waals surface area contributed by atoms with Gasteiger partial charge in [0.15, 0.2) is 0 Å². The Hall–Kier alpha value is -1.20. The summed E-state index contributed by atoms with van der Waals surface area (Å²) in [7, 11) is 0. The van der Waals surface area contributed by atoms with Crippen LogP contribution >= 0.6 is 0 Å². The first kappa shape index (κ1) is 10.3. The molecule has 1 N–H and O–H groups in total. The number of rotatable bonds is 2. The summed E-state index contributed by atoms with van der Waals surface area (Å²) in [6, 6.07) is 0. The zero-order valence-corrected chi connectivity index (χ0v) is 8.00. The molecule has 2 aliphatic rings. The van der Waals surface area contributed by atoms with Crippen molar-refractivity contribution < 1.29 is 23.5 Å². The highest BCUT2D eigenvalue weighted by atomic mass is 19.3. The van der Waals surface area contributed by atoms with E-state index in [2.05, 4.69) is 0 Å². The number of carbonyl (C=O) groups is 2. The number of amides is 1. The Morgan fingerprint density at radius 1 is 1.20 bits per heavy atom. The summed E-state index contributed by atoms with van der Waals surface area (Å²) < 4.78 is 25.6. The van der Waals surface area contributed by atoms with Crippen molar-refractivity contribution in [1.82, 2.24) is 4.90 Å². The van der Waals surface area contributed by atoms with E-state index in [1.54, 1.807) is 0 Å². The van der Waals surface area contributed by atoms with E-state index in [0.717, 1.165) is 4.90 Å². The Morgan fingerprint density at radius 3 is 2.13 bits per heavy atom. The second-order valence-corrected chi connectivity index (χ2v) is 4.22. The zero-order valence-electron chi connectivity index (χ0n) is 8.00. The number of likely N-dealkylation sites (tertiary alicyclic amines) is 1. The molecule has 2 rings (SSSR count). The van der Waals surface area contributed by atoms with E-state index in [1.807, 2.05) is 0 Å². The molecule has 0 radical (unpaired) electrons. The lowest BCUT2D eigenvalue weighted by Crippen LogP contribution is -2.40.